The normalized spacial score (nSPS) is 11.7. The monoisotopic (exact) mass is 522 g/mol. The van der Waals surface area contributed by atoms with Crippen molar-refractivity contribution in [3.63, 3.8) is 0 Å². The van der Waals surface area contributed by atoms with Gasteiger partial charge in [0.05, 0.1) is 20.8 Å². The van der Waals surface area contributed by atoms with E-state index in [1.54, 1.807) is 41.3 Å². The molecule has 1 heterocycles. The zero-order valence-corrected chi connectivity index (χ0v) is 22.7. The van der Waals surface area contributed by atoms with Crippen LogP contribution in [0.15, 0.2) is 71.6 Å². The summed E-state index contributed by atoms with van der Waals surface area (Å²) in [5, 5.41) is 0.631. The minimum absolute atomic E-state index is 0.122. The largest absolute Gasteiger partial charge is 0.308 e. The Bertz CT molecular complexity index is 1480. The molecule has 0 radical (unpaired) electrons. The zero-order valence-electron chi connectivity index (χ0n) is 21.1. The summed E-state index contributed by atoms with van der Waals surface area (Å²) in [6.45, 7) is 5.20. The van der Waals surface area contributed by atoms with Crippen LogP contribution in [0.4, 0.5) is 10.8 Å². The molecule has 0 fully saturated rings. The first-order valence-corrected chi connectivity index (χ1v) is 13.8. The van der Waals surface area contributed by atoms with Gasteiger partial charge in [0, 0.05) is 25.7 Å². The maximum absolute atomic E-state index is 13.6. The molecule has 0 N–H and O–H groups in total. The smallest absolute Gasteiger partial charge is 0.264 e. The number of thiazole rings is 1. The molecule has 4 aromatic rings. The van der Waals surface area contributed by atoms with Crippen molar-refractivity contribution in [2.24, 2.45) is 0 Å². The van der Waals surface area contributed by atoms with Crippen LogP contribution in [0.5, 0.6) is 0 Å². The Hall–Kier alpha value is -3.27. The number of carbonyl (C=O) groups excluding carboxylic acids is 1. The Morgan fingerprint density at radius 1 is 0.917 bits per heavy atom. The molecule has 0 aliphatic carbocycles. The van der Waals surface area contributed by atoms with Crippen LogP contribution in [0.2, 0.25) is 0 Å². The Balaban J connectivity index is 1.65. The number of para-hydroxylation sites is 1. The number of hydrogen-bond donors (Lipinski definition) is 0. The average Bonchev–Trinajstić information content (AvgIpc) is 3.28. The third-order valence-electron chi connectivity index (χ3n) is 5.94. The molecular formula is C27H30N4O3S2. The van der Waals surface area contributed by atoms with Crippen molar-refractivity contribution >= 4 is 48.3 Å². The third-order valence-corrected chi connectivity index (χ3v) is 8.96. The van der Waals surface area contributed by atoms with E-state index in [0.29, 0.717) is 29.5 Å². The maximum Gasteiger partial charge on any atom is 0.264 e. The number of rotatable bonds is 8. The number of anilines is 2. The van der Waals surface area contributed by atoms with E-state index in [-0.39, 0.29) is 10.8 Å². The van der Waals surface area contributed by atoms with Crippen molar-refractivity contribution in [1.82, 2.24) is 9.88 Å². The molecule has 0 saturated heterocycles. The Morgan fingerprint density at radius 3 is 2.22 bits per heavy atom. The average molecular weight is 523 g/mol. The van der Waals surface area contributed by atoms with Crippen molar-refractivity contribution in [2.45, 2.75) is 18.7 Å². The van der Waals surface area contributed by atoms with Gasteiger partial charge in [0.1, 0.15) is 0 Å². The molecule has 0 unspecified atom stereocenters. The van der Waals surface area contributed by atoms with Crippen molar-refractivity contribution in [1.29, 1.82) is 0 Å². The van der Waals surface area contributed by atoms with Crippen molar-refractivity contribution in [2.75, 3.05) is 43.4 Å². The van der Waals surface area contributed by atoms with Crippen LogP contribution in [-0.4, -0.2) is 58.4 Å². The van der Waals surface area contributed by atoms with E-state index in [9.17, 15) is 13.2 Å². The molecule has 9 heteroatoms. The summed E-state index contributed by atoms with van der Waals surface area (Å²) in [5.41, 5.74) is 4.10. The minimum Gasteiger partial charge on any atom is -0.308 e. The molecule has 0 aliphatic heterocycles. The van der Waals surface area contributed by atoms with Crippen molar-refractivity contribution in [3.8, 4) is 0 Å². The molecule has 36 heavy (non-hydrogen) atoms. The molecule has 1 aromatic heterocycles. The number of likely N-dealkylation sites (N-methyl/N-ethyl adjacent to an activating group) is 1. The molecule has 0 bridgehead atoms. The SMILES string of the molecule is Cc1cc(C)c2sc(N(CCN(C)C)C(=O)c3ccc(S(=O)(=O)N(C)c4ccccc4)cc3)nc2c1. The first-order chi connectivity index (χ1) is 17.1. The summed E-state index contributed by atoms with van der Waals surface area (Å²) in [4.78, 5) is 22.2. The van der Waals surface area contributed by atoms with Gasteiger partial charge in [-0.1, -0.05) is 35.6 Å². The molecule has 3 aromatic carbocycles. The standard InChI is InChI=1S/C27H30N4O3S2/c1-19-17-20(2)25-24(18-19)28-27(35-25)31(16-15-29(3)4)26(32)21-11-13-23(14-12-21)36(33,34)30(5)22-9-7-6-8-10-22/h6-14,17-18H,15-16H2,1-5H3. The van der Waals surface area contributed by atoms with E-state index in [0.717, 1.165) is 21.3 Å². The highest BCUT2D eigenvalue weighted by atomic mass is 32.2. The van der Waals surface area contributed by atoms with Crippen LogP contribution in [-0.2, 0) is 10.0 Å². The van der Waals surface area contributed by atoms with Crippen molar-refractivity contribution in [3.05, 3.63) is 83.4 Å². The molecular weight excluding hydrogens is 492 g/mol. The van der Waals surface area contributed by atoms with Crippen LogP contribution >= 0.6 is 11.3 Å². The van der Waals surface area contributed by atoms with Crippen LogP contribution < -0.4 is 9.21 Å². The van der Waals surface area contributed by atoms with E-state index in [2.05, 4.69) is 13.0 Å². The highest BCUT2D eigenvalue weighted by molar-refractivity contribution is 7.92. The predicted molar refractivity (Wildman–Crippen MR) is 148 cm³/mol. The molecule has 7 nitrogen and oxygen atoms in total. The lowest BCUT2D eigenvalue weighted by Crippen LogP contribution is -2.36. The summed E-state index contributed by atoms with van der Waals surface area (Å²) in [5.74, 6) is -0.217. The summed E-state index contributed by atoms with van der Waals surface area (Å²) in [7, 11) is 1.67. The van der Waals surface area contributed by atoms with Crippen molar-refractivity contribution < 1.29 is 13.2 Å². The van der Waals surface area contributed by atoms with Crippen LogP contribution in [0.25, 0.3) is 10.2 Å². The van der Waals surface area contributed by atoms with E-state index in [1.165, 1.54) is 34.8 Å². The molecule has 0 saturated carbocycles. The lowest BCUT2D eigenvalue weighted by Gasteiger charge is -2.22. The highest BCUT2D eigenvalue weighted by Crippen LogP contribution is 2.33. The minimum atomic E-state index is -3.76. The molecule has 0 atom stereocenters. The van der Waals surface area contributed by atoms with Gasteiger partial charge in [-0.2, -0.15) is 0 Å². The predicted octanol–water partition coefficient (Wildman–Crippen LogP) is 4.95. The zero-order chi connectivity index (χ0) is 26.0. The van der Waals surface area contributed by atoms with Crippen LogP contribution in [0.3, 0.4) is 0 Å². The molecule has 0 aliphatic rings. The van der Waals surface area contributed by atoms with Gasteiger partial charge < -0.3 is 4.90 Å². The van der Waals surface area contributed by atoms with Gasteiger partial charge in [0.2, 0.25) is 0 Å². The summed E-state index contributed by atoms with van der Waals surface area (Å²) in [6, 6.07) is 19.1. The fourth-order valence-corrected chi connectivity index (χ4v) is 6.16. The lowest BCUT2D eigenvalue weighted by atomic mass is 10.1. The number of carbonyl (C=O) groups is 1. The van der Waals surface area contributed by atoms with E-state index in [4.69, 9.17) is 4.98 Å². The first-order valence-electron chi connectivity index (χ1n) is 11.6. The number of aryl methyl sites for hydroxylation is 2. The lowest BCUT2D eigenvalue weighted by molar-refractivity contribution is 0.0985. The summed E-state index contributed by atoms with van der Waals surface area (Å²) in [6.07, 6.45) is 0. The second-order valence-corrected chi connectivity index (χ2v) is 12.0. The second kappa shape index (κ2) is 10.4. The Kier molecular flexibility index (Phi) is 7.44. The van der Waals surface area contributed by atoms with Gasteiger partial charge in [0.25, 0.3) is 15.9 Å². The highest BCUT2D eigenvalue weighted by Gasteiger charge is 2.25. The molecule has 4 rings (SSSR count). The Morgan fingerprint density at radius 2 is 1.58 bits per heavy atom. The topological polar surface area (TPSA) is 73.8 Å². The second-order valence-electron chi connectivity index (χ2n) is 9.02. The van der Waals surface area contributed by atoms with E-state index >= 15 is 0 Å². The van der Waals surface area contributed by atoms with Gasteiger partial charge in [-0.15, -0.1) is 0 Å². The van der Waals surface area contributed by atoms with Crippen LogP contribution in [0.1, 0.15) is 21.5 Å². The number of nitrogens with zero attached hydrogens (tertiary/aromatic N) is 4. The summed E-state index contributed by atoms with van der Waals surface area (Å²) >= 11 is 1.50. The number of hydrogen-bond acceptors (Lipinski definition) is 6. The van der Waals surface area contributed by atoms with E-state index < -0.39 is 10.0 Å². The van der Waals surface area contributed by atoms with Gasteiger partial charge in [0.15, 0.2) is 5.13 Å². The maximum atomic E-state index is 13.6. The fourth-order valence-electron chi connectivity index (χ4n) is 3.92. The third kappa shape index (κ3) is 5.28. The first kappa shape index (κ1) is 25.8. The number of aromatic nitrogens is 1. The van der Waals surface area contributed by atoms with Gasteiger partial charge in [-0.3, -0.25) is 14.0 Å². The summed E-state index contributed by atoms with van der Waals surface area (Å²) < 4.78 is 28.5. The fraction of sp³-hybridized carbons (Fsp3) is 0.259. The molecule has 188 valence electrons. The Labute approximate surface area is 216 Å². The van der Waals surface area contributed by atoms with Gasteiger partial charge in [-0.05, 0) is 81.5 Å². The molecule has 1 amide bonds. The molecule has 0 spiro atoms. The quantitative estimate of drug-likeness (QED) is 0.328. The number of sulfonamides is 1. The van der Waals surface area contributed by atoms with Gasteiger partial charge in [-0.25, -0.2) is 13.4 Å². The number of benzene rings is 3. The van der Waals surface area contributed by atoms with Crippen LogP contribution in [0, 0.1) is 13.8 Å². The number of amides is 1. The van der Waals surface area contributed by atoms with E-state index in [1.807, 2.05) is 38.1 Å². The van der Waals surface area contributed by atoms with Gasteiger partial charge >= 0.3 is 0 Å². The number of fused-ring (bicyclic) bond motifs is 1.